The summed E-state index contributed by atoms with van der Waals surface area (Å²) in [6.45, 7) is 1.13. The summed E-state index contributed by atoms with van der Waals surface area (Å²) in [4.78, 5) is 21.6. The molecule has 0 saturated heterocycles. The second-order valence-electron chi connectivity index (χ2n) is 5.10. The van der Waals surface area contributed by atoms with Gasteiger partial charge in [-0.15, -0.1) is 0 Å². The smallest absolute Gasteiger partial charge is 0.270 e. The fraction of sp³-hybridized carbons (Fsp3) is 0.118. The van der Waals surface area contributed by atoms with Crippen LogP contribution in [0, 0.1) is 10.1 Å². The third-order valence-electron chi connectivity index (χ3n) is 3.39. The Hall–Kier alpha value is -3.00. The number of ketones is 1. The molecular weight excluding hydrogens is 346 g/mol. The van der Waals surface area contributed by atoms with Crippen LogP contribution >= 0.6 is 0 Å². The Morgan fingerprint density at radius 3 is 2.32 bits per heavy atom. The second-order valence-corrected chi connectivity index (χ2v) is 7.01. The first-order valence-electron chi connectivity index (χ1n) is 7.12. The van der Waals surface area contributed by atoms with Gasteiger partial charge in [0.25, 0.3) is 5.69 Å². The second kappa shape index (κ2) is 7.27. The lowest BCUT2D eigenvalue weighted by Crippen LogP contribution is -2.11. The number of allylic oxidation sites excluding steroid dienone is 1. The van der Waals surface area contributed by atoms with E-state index in [0.29, 0.717) is 5.75 Å². The lowest BCUT2D eigenvalue weighted by Gasteiger charge is -2.08. The van der Waals surface area contributed by atoms with Crippen molar-refractivity contribution in [2.24, 2.45) is 0 Å². The maximum Gasteiger partial charge on any atom is 0.270 e. The van der Waals surface area contributed by atoms with E-state index >= 15 is 0 Å². The predicted octanol–water partition coefficient (Wildman–Crippen LogP) is 3.01. The number of rotatable bonds is 6. The van der Waals surface area contributed by atoms with Crippen molar-refractivity contribution in [1.29, 1.82) is 0 Å². The van der Waals surface area contributed by atoms with Gasteiger partial charge in [-0.3, -0.25) is 14.9 Å². The highest BCUT2D eigenvalue weighted by atomic mass is 32.2. The monoisotopic (exact) mass is 361 g/mol. The summed E-state index contributed by atoms with van der Waals surface area (Å²) >= 11 is 0. The standard InChI is InChI=1S/C17H15NO6S/c1-12(19)17(11-13-4-3-5-14(10-13)18(20)21)25(22,23)16-8-6-15(24-2)7-9-16/h3-11H,1-2H3. The molecule has 7 nitrogen and oxygen atoms in total. The average Bonchev–Trinajstić information content (AvgIpc) is 2.59. The fourth-order valence-electron chi connectivity index (χ4n) is 2.13. The van der Waals surface area contributed by atoms with Gasteiger partial charge < -0.3 is 4.74 Å². The van der Waals surface area contributed by atoms with Gasteiger partial charge in [-0.2, -0.15) is 0 Å². The molecule has 0 atom stereocenters. The van der Waals surface area contributed by atoms with E-state index in [2.05, 4.69) is 0 Å². The molecule has 0 aromatic heterocycles. The highest BCUT2D eigenvalue weighted by Gasteiger charge is 2.24. The molecule has 0 N–H and O–H groups in total. The summed E-state index contributed by atoms with van der Waals surface area (Å²) in [5, 5.41) is 10.8. The molecule has 2 aromatic rings. The molecule has 0 aliphatic rings. The van der Waals surface area contributed by atoms with Crippen LogP contribution in [0.1, 0.15) is 12.5 Å². The van der Waals surface area contributed by atoms with Gasteiger partial charge in [0.15, 0.2) is 5.78 Å². The molecule has 0 fully saturated rings. The molecule has 0 heterocycles. The Kier molecular flexibility index (Phi) is 5.33. The van der Waals surface area contributed by atoms with Gasteiger partial charge in [-0.05, 0) is 42.8 Å². The van der Waals surface area contributed by atoms with Crippen LogP contribution in [0.25, 0.3) is 6.08 Å². The van der Waals surface area contributed by atoms with Crippen LogP contribution in [0.3, 0.4) is 0 Å². The van der Waals surface area contributed by atoms with Crippen molar-refractivity contribution in [2.75, 3.05) is 7.11 Å². The first-order chi connectivity index (χ1) is 11.8. The average molecular weight is 361 g/mol. The van der Waals surface area contributed by atoms with Crippen LogP contribution in [-0.2, 0) is 14.6 Å². The van der Waals surface area contributed by atoms with Crippen LogP contribution < -0.4 is 4.74 Å². The number of carbonyl (C=O) groups is 1. The van der Waals surface area contributed by atoms with Crippen molar-refractivity contribution in [2.45, 2.75) is 11.8 Å². The number of hydrogen-bond donors (Lipinski definition) is 0. The van der Waals surface area contributed by atoms with Crippen LogP contribution in [0.15, 0.2) is 58.3 Å². The molecule has 0 radical (unpaired) electrons. The number of carbonyl (C=O) groups excluding carboxylic acids is 1. The molecule has 0 amide bonds. The molecule has 130 valence electrons. The fourth-order valence-corrected chi connectivity index (χ4v) is 3.55. The van der Waals surface area contributed by atoms with Crippen LogP contribution in [0.4, 0.5) is 5.69 Å². The molecule has 2 rings (SSSR count). The zero-order valence-corrected chi connectivity index (χ0v) is 14.3. The summed E-state index contributed by atoms with van der Waals surface area (Å²) in [6, 6.07) is 11.0. The number of hydrogen-bond acceptors (Lipinski definition) is 6. The van der Waals surface area contributed by atoms with Gasteiger partial charge in [0.05, 0.1) is 16.9 Å². The van der Waals surface area contributed by atoms with Crippen molar-refractivity contribution in [1.82, 2.24) is 0 Å². The van der Waals surface area contributed by atoms with E-state index in [4.69, 9.17) is 4.74 Å². The number of nitrogens with zero attached hydrogens (tertiary/aromatic N) is 1. The van der Waals surface area contributed by atoms with Gasteiger partial charge in [-0.1, -0.05) is 12.1 Å². The summed E-state index contributed by atoms with van der Waals surface area (Å²) in [5.74, 6) is -0.187. The number of non-ortho nitro benzene ring substituents is 1. The molecule has 0 bridgehead atoms. The molecule has 8 heteroatoms. The lowest BCUT2D eigenvalue weighted by atomic mass is 10.2. The first kappa shape index (κ1) is 18.3. The minimum Gasteiger partial charge on any atom is -0.497 e. The van der Waals surface area contributed by atoms with E-state index in [0.717, 1.165) is 13.0 Å². The number of nitro groups is 1. The Labute approximate surface area is 144 Å². The number of Topliss-reactive ketones (excluding diaryl/α,β-unsaturated/α-hetero) is 1. The van der Waals surface area contributed by atoms with Crippen LogP contribution in [-0.4, -0.2) is 26.2 Å². The Morgan fingerprint density at radius 1 is 1.16 bits per heavy atom. The van der Waals surface area contributed by atoms with Gasteiger partial charge in [0.1, 0.15) is 10.7 Å². The maximum atomic E-state index is 12.7. The van der Waals surface area contributed by atoms with Crippen LogP contribution in [0.2, 0.25) is 0 Å². The van der Waals surface area contributed by atoms with Gasteiger partial charge >= 0.3 is 0 Å². The van der Waals surface area contributed by atoms with Crippen LogP contribution in [0.5, 0.6) is 5.75 Å². The van der Waals surface area contributed by atoms with E-state index in [9.17, 15) is 23.3 Å². The van der Waals surface area contributed by atoms with Gasteiger partial charge in [0, 0.05) is 12.1 Å². The highest BCUT2D eigenvalue weighted by Crippen LogP contribution is 2.25. The number of sulfone groups is 1. The normalized spacial score (nSPS) is 11.8. The summed E-state index contributed by atoms with van der Waals surface area (Å²) in [7, 11) is -2.62. The Morgan fingerprint density at radius 2 is 1.80 bits per heavy atom. The molecule has 0 unspecified atom stereocenters. The molecule has 2 aromatic carbocycles. The summed E-state index contributed by atoms with van der Waals surface area (Å²) in [5.41, 5.74) is 0.0509. The summed E-state index contributed by atoms with van der Waals surface area (Å²) < 4.78 is 30.4. The van der Waals surface area contributed by atoms with Gasteiger partial charge in [0.2, 0.25) is 9.84 Å². The SMILES string of the molecule is COc1ccc(S(=O)(=O)C(=Cc2cccc([N+](=O)[O-])c2)C(C)=O)cc1. The molecular formula is C17H15NO6S. The zero-order valence-electron chi connectivity index (χ0n) is 13.5. The minimum atomic E-state index is -4.07. The Balaban J connectivity index is 2.54. The van der Waals surface area contributed by atoms with Crippen molar-refractivity contribution in [3.8, 4) is 5.75 Å². The first-order valence-corrected chi connectivity index (χ1v) is 8.60. The number of methoxy groups -OCH3 is 1. The Bertz CT molecular complexity index is 945. The highest BCUT2D eigenvalue weighted by molar-refractivity contribution is 7.96. The molecule has 0 saturated carbocycles. The molecule has 0 aliphatic carbocycles. The zero-order chi connectivity index (χ0) is 18.6. The van der Waals surface area contributed by atoms with Gasteiger partial charge in [-0.25, -0.2) is 8.42 Å². The summed E-state index contributed by atoms with van der Waals surface area (Å²) in [6.07, 6.45) is 1.13. The maximum absolute atomic E-state index is 12.7. The van der Waals surface area contributed by atoms with E-state index in [1.165, 1.54) is 55.6 Å². The predicted molar refractivity (Wildman–Crippen MR) is 91.9 cm³/mol. The molecule has 25 heavy (non-hydrogen) atoms. The molecule has 0 spiro atoms. The van der Waals surface area contributed by atoms with Crippen molar-refractivity contribution >= 4 is 27.4 Å². The largest absolute Gasteiger partial charge is 0.497 e. The van der Waals surface area contributed by atoms with Crippen molar-refractivity contribution in [3.63, 3.8) is 0 Å². The third kappa shape index (κ3) is 4.10. The molecule has 0 aliphatic heterocycles. The lowest BCUT2D eigenvalue weighted by molar-refractivity contribution is -0.384. The minimum absolute atomic E-state index is 0.0693. The number of ether oxygens (including phenoxy) is 1. The quantitative estimate of drug-likeness (QED) is 0.445. The van der Waals surface area contributed by atoms with E-state index in [-0.39, 0.29) is 16.1 Å². The number of nitro benzene ring substituents is 1. The van der Waals surface area contributed by atoms with E-state index < -0.39 is 25.4 Å². The van der Waals surface area contributed by atoms with E-state index in [1.54, 1.807) is 0 Å². The van der Waals surface area contributed by atoms with E-state index in [1.807, 2.05) is 0 Å². The topological polar surface area (TPSA) is 104 Å². The number of benzene rings is 2. The van der Waals surface area contributed by atoms with Crippen molar-refractivity contribution < 1.29 is 22.9 Å². The third-order valence-corrected chi connectivity index (χ3v) is 5.26. The van der Waals surface area contributed by atoms with Crippen molar-refractivity contribution in [3.05, 3.63) is 69.1 Å².